The van der Waals surface area contributed by atoms with E-state index in [1.54, 1.807) is 6.08 Å². The number of allylic oxidation sites excluding steroid dienone is 9. The van der Waals surface area contributed by atoms with Crippen molar-refractivity contribution in [1.29, 1.82) is 0 Å². The van der Waals surface area contributed by atoms with Gasteiger partial charge in [-0.2, -0.15) is 0 Å². The monoisotopic (exact) mass is 944 g/mol. The van der Waals surface area contributed by atoms with Gasteiger partial charge in [0.15, 0.2) is 6.29 Å². The van der Waals surface area contributed by atoms with Gasteiger partial charge in [0.25, 0.3) is 0 Å². The van der Waals surface area contributed by atoms with Gasteiger partial charge in [0, 0.05) is 6.42 Å². The molecule has 1 heterocycles. The van der Waals surface area contributed by atoms with Crippen LogP contribution >= 0.6 is 0 Å². The Bertz CT molecular complexity index is 1230. The third-order valence-electron chi connectivity index (χ3n) is 13.1. The van der Waals surface area contributed by atoms with Crippen molar-refractivity contribution in [3.8, 4) is 0 Å². The Kier molecular flexibility index (Phi) is 44.7. The lowest BCUT2D eigenvalue weighted by atomic mass is 9.99. The second kappa shape index (κ2) is 47.6. The van der Waals surface area contributed by atoms with Gasteiger partial charge in [-0.05, 0) is 70.6 Å². The van der Waals surface area contributed by atoms with Gasteiger partial charge in [0.2, 0.25) is 5.91 Å². The number of carbonyl (C=O) groups excluding carboxylic acids is 1. The van der Waals surface area contributed by atoms with E-state index in [9.17, 15) is 30.3 Å². The molecule has 9 heteroatoms. The molecule has 67 heavy (non-hydrogen) atoms. The molecule has 6 N–H and O–H groups in total. The Balaban J connectivity index is 2.27. The first kappa shape index (κ1) is 62.9. The predicted octanol–water partition coefficient (Wildman–Crippen LogP) is 13.5. The van der Waals surface area contributed by atoms with Crippen molar-refractivity contribution in [2.75, 3.05) is 13.2 Å². The Morgan fingerprint density at radius 1 is 0.507 bits per heavy atom. The normalized spacial score (nSPS) is 20.1. The average Bonchev–Trinajstić information content (AvgIpc) is 3.33. The molecular weight excluding hydrogens is 839 g/mol. The van der Waals surface area contributed by atoms with Crippen molar-refractivity contribution in [3.05, 3.63) is 60.8 Å². The van der Waals surface area contributed by atoms with Crippen LogP contribution in [0.4, 0.5) is 0 Å². The van der Waals surface area contributed by atoms with Crippen LogP contribution in [-0.4, -0.2) is 87.5 Å². The number of hydrogen-bond donors (Lipinski definition) is 6. The van der Waals surface area contributed by atoms with Crippen LogP contribution in [0.15, 0.2) is 60.8 Å². The van der Waals surface area contributed by atoms with Crippen LogP contribution in [0.3, 0.4) is 0 Å². The highest BCUT2D eigenvalue weighted by Gasteiger charge is 2.44. The second-order valence-corrected chi connectivity index (χ2v) is 19.4. The zero-order valence-electron chi connectivity index (χ0n) is 43.1. The van der Waals surface area contributed by atoms with E-state index in [4.69, 9.17) is 9.47 Å². The third kappa shape index (κ3) is 37.4. The summed E-state index contributed by atoms with van der Waals surface area (Å²) >= 11 is 0. The highest BCUT2D eigenvalue weighted by Crippen LogP contribution is 2.23. The van der Waals surface area contributed by atoms with E-state index in [1.165, 1.54) is 173 Å². The van der Waals surface area contributed by atoms with Gasteiger partial charge in [-0.15, -0.1) is 0 Å². The lowest BCUT2D eigenvalue weighted by Crippen LogP contribution is -2.60. The summed E-state index contributed by atoms with van der Waals surface area (Å²) in [5, 5.41) is 54.4. The molecule has 0 saturated carbocycles. The minimum atomic E-state index is -1.57. The summed E-state index contributed by atoms with van der Waals surface area (Å²) in [6.45, 7) is 3.76. The van der Waals surface area contributed by atoms with Gasteiger partial charge in [-0.1, -0.05) is 229 Å². The summed E-state index contributed by atoms with van der Waals surface area (Å²) in [6.07, 6.45) is 57.0. The maximum absolute atomic E-state index is 13.0. The molecule has 0 spiro atoms. The number of aliphatic hydroxyl groups is 5. The molecule has 7 atom stereocenters. The van der Waals surface area contributed by atoms with Crippen LogP contribution in [0.25, 0.3) is 0 Å². The van der Waals surface area contributed by atoms with Crippen LogP contribution in [0.5, 0.6) is 0 Å². The molecule has 1 aliphatic heterocycles. The molecule has 0 aromatic rings. The predicted molar refractivity (Wildman–Crippen MR) is 281 cm³/mol. The van der Waals surface area contributed by atoms with Gasteiger partial charge in [-0.25, -0.2) is 0 Å². The highest BCUT2D eigenvalue weighted by molar-refractivity contribution is 5.76. The molecule has 0 radical (unpaired) electrons. The fourth-order valence-corrected chi connectivity index (χ4v) is 8.59. The number of ether oxygens (including phenoxy) is 2. The van der Waals surface area contributed by atoms with Crippen LogP contribution in [0, 0.1) is 0 Å². The molecule has 7 unspecified atom stereocenters. The maximum Gasteiger partial charge on any atom is 0.220 e. The minimum absolute atomic E-state index is 0.191. The summed E-state index contributed by atoms with van der Waals surface area (Å²) in [7, 11) is 0. The molecule has 0 aliphatic carbocycles. The van der Waals surface area contributed by atoms with Crippen LogP contribution in [-0.2, 0) is 14.3 Å². The topological polar surface area (TPSA) is 149 Å². The number of amides is 1. The van der Waals surface area contributed by atoms with E-state index < -0.39 is 49.5 Å². The minimum Gasteiger partial charge on any atom is -0.394 e. The SMILES string of the molecule is CCCCCCC/C=C\C/C=C\C/C=C\CCCCCCCCCCCCC(=O)NC(COC1OC(CO)C(O)C(O)C1O)C(O)/C=C/CC/C=C/CCCCCCCCCCCCCCC. The van der Waals surface area contributed by atoms with E-state index in [0.29, 0.717) is 6.42 Å². The van der Waals surface area contributed by atoms with E-state index in [1.807, 2.05) is 6.08 Å². The molecule has 0 bridgehead atoms. The largest absolute Gasteiger partial charge is 0.394 e. The fourth-order valence-electron chi connectivity index (χ4n) is 8.59. The van der Waals surface area contributed by atoms with Gasteiger partial charge in [-0.3, -0.25) is 4.79 Å². The van der Waals surface area contributed by atoms with Crippen molar-refractivity contribution in [1.82, 2.24) is 5.32 Å². The molecule has 1 aliphatic rings. The zero-order valence-corrected chi connectivity index (χ0v) is 43.1. The van der Waals surface area contributed by atoms with E-state index in [0.717, 1.165) is 51.4 Å². The van der Waals surface area contributed by atoms with Crippen molar-refractivity contribution in [3.63, 3.8) is 0 Å². The third-order valence-corrected chi connectivity index (χ3v) is 13.1. The van der Waals surface area contributed by atoms with Gasteiger partial charge >= 0.3 is 0 Å². The maximum atomic E-state index is 13.0. The number of rotatable bonds is 47. The molecule has 1 fully saturated rings. The van der Waals surface area contributed by atoms with Gasteiger partial charge in [0.1, 0.15) is 24.4 Å². The lowest BCUT2D eigenvalue weighted by Gasteiger charge is -2.40. The first-order chi connectivity index (χ1) is 32.8. The molecular formula is C58H105NO8. The van der Waals surface area contributed by atoms with E-state index >= 15 is 0 Å². The number of unbranched alkanes of at least 4 members (excludes halogenated alkanes) is 29. The molecule has 1 amide bonds. The average molecular weight is 944 g/mol. The molecule has 390 valence electrons. The Morgan fingerprint density at radius 2 is 0.896 bits per heavy atom. The van der Waals surface area contributed by atoms with E-state index in [-0.39, 0.29) is 12.5 Å². The second-order valence-electron chi connectivity index (χ2n) is 19.4. The van der Waals surface area contributed by atoms with Crippen LogP contribution in [0.1, 0.15) is 245 Å². The molecule has 1 rings (SSSR count). The van der Waals surface area contributed by atoms with Crippen molar-refractivity contribution >= 4 is 5.91 Å². The summed E-state index contributed by atoms with van der Waals surface area (Å²) in [4.78, 5) is 13.0. The Hall–Kier alpha value is -2.11. The lowest BCUT2D eigenvalue weighted by molar-refractivity contribution is -0.302. The smallest absolute Gasteiger partial charge is 0.220 e. The molecule has 0 aromatic carbocycles. The summed E-state index contributed by atoms with van der Waals surface area (Å²) in [5.41, 5.74) is 0. The molecule has 0 aromatic heterocycles. The molecule has 1 saturated heterocycles. The number of nitrogens with one attached hydrogen (secondary N) is 1. The number of carbonyl (C=O) groups is 1. The number of aliphatic hydroxyl groups excluding tert-OH is 5. The van der Waals surface area contributed by atoms with Gasteiger partial charge < -0.3 is 40.3 Å². The van der Waals surface area contributed by atoms with Crippen molar-refractivity contribution in [2.24, 2.45) is 0 Å². The molecule has 9 nitrogen and oxygen atoms in total. The first-order valence-corrected chi connectivity index (χ1v) is 28.0. The first-order valence-electron chi connectivity index (χ1n) is 28.0. The standard InChI is InChI=1S/C58H105NO8/c1-3-5-7-9-11-13-15-17-19-21-23-24-25-26-27-28-30-32-34-36-38-40-42-44-46-48-54(62)59-51(50-66-58-57(65)56(64)55(63)53(49-60)67-58)52(61)47-45-43-41-39-37-35-33-31-29-22-20-18-16-14-12-10-8-6-4-2/h15,17,21,23,25-26,37,39,45,47,51-53,55-58,60-61,63-65H,3-14,16,18-20,22,24,27-36,38,40-44,46,48-50H2,1-2H3,(H,59,62)/b17-15-,23-21-,26-25-,39-37+,47-45+. The zero-order chi connectivity index (χ0) is 48.7. The number of hydrogen-bond acceptors (Lipinski definition) is 8. The van der Waals surface area contributed by atoms with E-state index in [2.05, 4.69) is 67.8 Å². The summed E-state index contributed by atoms with van der Waals surface area (Å²) in [5.74, 6) is -0.191. The quantitative estimate of drug-likeness (QED) is 0.0261. The Morgan fingerprint density at radius 3 is 1.36 bits per heavy atom. The van der Waals surface area contributed by atoms with Gasteiger partial charge in [0.05, 0.1) is 25.4 Å². The summed E-state index contributed by atoms with van der Waals surface area (Å²) in [6, 6.07) is -0.826. The van der Waals surface area contributed by atoms with Crippen LogP contribution < -0.4 is 5.32 Å². The van der Waals surface area contributed by atoms with Crippen molar-refractivity contribution < 1.29 is 39.8 Å². The Labute approximate surface area is 411 Å². The highest BCUT2D eigenvalue weighted by atomic mass is 16.7. The van der Waals surface area contributed by atoms with Crippen molar-refractivity contribution in [2.45, 2.75) is 288 Å². The fraction of sp³-hybridized carbons (Fsp3) is 0.810. The van der Waals surface area contributed by atoms with Crippen LogP contribution in [0.2, 0.25) is 0 Å². The summed E-state index contributed by atoms with van der Waals surface area (Å²) < 4.78 is 11.2.